The van der Waals surface area contributed by atoms with Crippen LogP contribution in [-0.2, 0) is 14.8 Å². The number of sulfonamides is 1. The average molecular weight is 332 g/mol. The summed E-state index contributed by atoms with van der Waals surface area (Å²) in [6, 6.07) is -1.07. The first-order valence-corrected chi connectivity index (χ1v) is 9.55. The van der Waals surface area contributed by atoms with E-state index in [0.29, 0.717) is 32.5 Å². The lowest BCUT2D eigenvalue weighted by atomic mass is 10.1. The second-order valence-corrected chi connectivity index (χ2v) is 7.74. The Kier molecular flexibility index (Phi) is 5.63. The SMILES string of the molecule is CS(=O)(=O)NC1CCCN(C(=O)NC2CCCCNC2=O)C1. The number of urea groups is 1. The van der Waals surface area contributed by atoms with Gasteiger partial charge in [0, 0.05) is 25.7 Å². The molecule has 2 unspecified atom stereocenters. The van der Waals surface area contributed by atoms with E-state index in [-0.39, 0.29) is 18.0 Å². The number of hydrogen-bond donors (Lipinski definition) is 3. The summed E-state index contributed by atoms with van der Waals surface area (Å²) in [5.41, 5.74) is 0. The molecule has 3 amide bonds. The average Bonchev–Trinajstić information content (AvgIpc) is 2.62. The van der Waals surface area contributed by atoms with Crippen LogP contribution in [0.5, 0.6) is 0 Å². The van der Waals surface area contributed by atoms with Gasteiger partial charge in [0.2, 0.25) is 15.9 Å². The third-order valence-corrected chi connectivity index (χ3v) is 4.68. The molecule has 0 spiro atoms. The molecule has 126 valence electrons. The van der Waals surface area contributed by atoms with E-state index in [1.165, 1.54) is 0 Å². The van der Waals surface area contributed by atoms with Crippen LogP contribution in [0.2, 0.25) is 0 Å². The fourth-order valence-electron chi connectivity index (χ4n) is 2.88. The van der Waals surface area contributed by atoms with E-state index < -0.39 is 16.1 Å². The van der Waals surface area contributed by atoms with Crippen LogP contribution >= 0.6 is 0 Å². The van der Waals surface area contributed by atoms with Crippen molar-refractivity contribution >= 4 is 22.0 Å². The minimum Gasteiger partial charge on any atom is -0.354 e. The molecule has 2 rings (SSSR count). The third kappa shape index (κ3) is 5.13. The van der Waals surface area contributed by atoms with Crippen molar-refractivity contribution in [3.8, 4) is 0 Å². The van der Waals surface area contributed by atoms with Gasteiger partial charge >= 0.3 is 6.03 Å². The lowest BCUT2D eigenvalue weighted by molar-refractivity contribution is -0.122. The Hall–Kier alpha value is -1.35. The zero-order valence-electron chi connectivity index (χ0n) is 12.8. The van der Waals surface area contributed by atoms with Gasteiger partial charge in [-0.05, 0) is 32.1 Å². The Bertz CT molecular complexity index is 522. The number of likely N-dealkylation sites (tertiary alicyclic amines) is 1. The van der Waals surface area contributed by atoms with Crippen molar-refractivity contribution in [2.75, 3.05) is 25.9 Å². The monoisotopic (exact) mass is 332 g/mol. The maximum Gasteiger partial charge on any atom is 0.318 e. The first kappa shape index (κ1) is 17.0. The minimum absolute atomic E-state index is 0.145. The van der Waals surface area contributed by atoms with Crippen LogP contribution in [0.25, 0.3) is 0 Å². The van der Waals surface area contributed by atoms with Gasteiger partial charge < -0.3 is 15.5 Å². The summed E-state index contributed by atoms with van der Waals surface area (Å²) in [5.74, 6) is -0.145. The predicted octanol–water partition coefficient (Wildman–Crippen LogP) is -0.622. The molecule has 0 aromatic heterocycles. The Balaban J connectivity index is 1.89. The van der Waals surface area contributed by atoms with Crippen molar-refractivity contribution in [2.24, 2.45) is 0 Å². The highest BCUT2D eigenvalue weighted by Crippen LogP contribution is 2.12. The zero-order chi connectivity index (χ0) is 16.2. The summed E-state index contributed by atoms with van der Waals surface area (Å²) < 4.78 is 25.1. The van der Waals surface area contributed by atoms with E-state index >= 15 is 0 Å². The Morgan fingerprint density at radius 1 is 1.27 bits per heavy atom. The normalized spacial score (nSPS) is 27.0. The minimum atomic E-state index is -3.29. The topological polar surface area (TPSA) is 108 Å². The van der Waals surface area contributed by atoms with E-state index in [0.717, 1.165) is 25.5 Å². The van der Waals surface area contributed by atoms with Gasteiger partial charge in [-0.15, -0.1) is 0 Å². The highest BCUT2D eigenvalue weighted by molar-refractivity contribution is 7.88. The van der Waals surface area contributed by atoms with Gasteiger partial charge in [0.1, 0.15) is 6.04 Å². The number of rotatable bonds is 3. The molecule has 2 saturated heterocycles. The quantitative estimate of drug-likeness (QED) is 0.640. The molecule has 0 aliphatic carbocycles. The molecule has 0 radical (unpaired) electrons. The van der Waals surface area contributed by atoms with E-state index in [9.17, 15) is 18.0 Å². The van der Waals surface area contributed by atoms with Gasteiger partial charge in [0.25, 0.3) is 0 Å². The first-order chi connectivity index (χ1) is 10.3. The van der Waals surface area contributed by atoms with E-state index in [1.54, 1.807) is 4.90 Å². The smallest absolute Gasteiger partial charge is 0.318 e. The number of piperidine rings is 1. The number of hydrogen-bond acceptors (Lipinski definition) is 4. The molecular weight excluding hydrogens is 308 g/mol. The van der Waals surface area contributed by atoms with Gasteiger partial charge in [-0.3, -0.25) is 4.79 Å². The standard InChI is InChI=1S/C13H24N4O4S/c1-22(20,21)16-10-5-4-8-17(9-10)13(19)15-11-6-2-3-7-14-12(11)18/h10-11,16H,2-9H2,1H3,(H,14,18)(H,15,19). The van der Waals surface area contributed by atoms with Crippen LogP contribution in [0.4, 0.5) is 4.79 Å². The summed E-state index contributed by atoms with van der Waals surface area (Å²) >= 11 is 0. The predicted molar refractivity (Wildman–Crippen MR) is 81.8 cm³/mol. The number of carbonyl (C=O) groups is 2. The number of nitrogens with one attached hydrogen (secondary N) is 3. The lowest BCUT2D eigenvalue weighted by Gasteiger charge is -2.33. The van der Waals surface area contributed by atoms with E-state index in [1.807, 2.05) is 0 Å². The molecule has 22 heavy (non-hydrogen) atoms. The summed E-state index contributed by atoms with van der Waals surface area (Å²) in [7, 11) is -3.29. The lowest BCUT2D eigenvalue weighted by Crippen LogP contribution is -2.55. The van der Waals surface area contributed by atoms with Crippen LogP contribution in [0, 0.1) is 0 Å². The summed E-state index contributed by atoms with van der Waals surface area (Å²) in [6.45, 7) is 1.55. The van der Waals surface area contributed by atoms with Crippen molar-refractivity contribution in [1.82, 2.24) is 20.3 Å². The van der Waals surface area contributed by atoms with Crippen LogP contribution in [0.3, 0.4) is 0 Å². The summed E-state index contributed by atoms with van der Waals surface area (Å²) in [6.07, 6.45) is 5.00. The zero-order valence-corrected chi connectivity index (χ0v) is 13.6. The largest absolute Gasteiger partial charge is 0.354 e. The van der Waals surface area contributed by atoms with E-state index in [2.05, 4.69) is 15.4 Å². The molecule has 2 aliphatic heterocycles. The van der Waals surface area contributed by atoms with Crippen LogP contribution in [0.15, 0.2) is 0 Å². The number of nitrogens with zero attached hydrogens (tertiary/aromatic N) is 1. The highest BCUT2D eigenvalue weighted by atomic mass is 32.2. The van der Waals surface area contributed by atoms with Gasteiger partial charge in [-0.2, -0.15) is 0 Å². The van der Waals surface area contributed by atoms with Crippen molar-refractivity contribution in [3.05, 3.63) is 0 Å². The third-order valence-electron chi connectivity index (χ3n) is 3.92. The molecule has 0 bridgehead atoms. The van der Waals surface area contributed by atoms with Gasteiger partial charge in [0.05, 0.1) is 6.26 Å². The molecule has 8 nitrogen and oxygen atoms in total. The maximum atomic E-state index is 12.3. The molecule has 2 fully saturated rings. The molecule has 9 heteroatoms. The number of amides is 3. The fraction of sp³-hybridized carbons (Fsp3) is 0.846. The molecular formula is C13H24N4O4S. The Morgan fingerprint density at radius 2 is 2.05 bits per heavy atom. The van der Waals surface area contributed by atoms with Crippen LogP contribution < -0.4 is 15.4 Å². The maximum absolute atomic E-state index is 12.3. The molecule has 2 aliphatic rings. The second kappa shape index (κ2) is 7.28. The number of carbonyl (C=O) groups excluding carboxylic acids is 2. The van der Waals surface area contributed by atoms with Crippen LogP contribution in [0.1, 0.15) is 32.1 Å². The van der Waals surface area contributed by atoms with Gasteiger partial charge in [-0.1, -0.05) is 0 Å². The van der Waals surface area contributed by atoms with Crippen molar-refractivity contribution in [3.63, 3.8) is 0 Å². The highest BCUT2D eigenvalue weighted by Gasteiger charge is 2.29. The molecule has 3 N–H and O–H groups in total. The molecule has 2 heterocycles. The first-order valence-electron chi connectivity index (χ1n) is 7.65. The van der Waals surface area contributed by atoms with Gasteiger partial charge in [-0.25, -0.2) is 17.9 Å². The van der Waals surface area contributed by atoms with Crippen molar-refractivity contribution in [2.45, 2.75) is 44.2 Å². The molecule has 0 aromatic carbocycles. The Morgan fingerprint density at radius 3 is 2.77 bits per heavy atom. The van der Waals surface area contributed by atoms with Crippen molar-refractivity contribution < 1.29 is 18.0 Å². The fourth-order valence-corrected chi connectivity index (χ4v) is 3.68. The van der Waals surface area contributed by atoms with Crippen molar-refractivity contribution in [1.29, 1.82) is 0 Å². The molecule has 2 atom stereocenters. The Labute approximate surface area is 131 Å². The summed E-state index contributed by atoms with van der Waals surface area (Å²) in [4.78, 5) is 25.7. The van der Waals surface area contributed by atoms with E-state index in [4.69, 9.17) is 0 Å². The molecule has 0 aromatic rings. The second-order valence-electron chi connectivity index (χ2n) is 5.96. The van der Waals surface area contributed by atoms with Gasteiger partial charge in [0.15, 0.2) is 0 Å². The molecule has 0 saturated carbocycles. The van der Waals surface area contributed by atoms with Crippen LogP contribution in [-0.4, -0.2) is 63.2 Å². The summed E-state index contributed by atoms with van der Waals surface area (Å²) in [5, 5.41) is 5.54.